The van der Waals surface area contributed by atoms with E-state index in [4.69, 9.17) is 4.65 Å². The molecular weight excluding hydrogens is 269 g/mol. The van der Waals surface area contributed by atoms with Crippen LogP contribution in [0.25, 0.3) is 0 Å². The molecule has 114 valence electrons. The van der Waals surface area contributed by atoms with Crippen molar-refractivity contribution in [3.05, 3.63) is 71.8 Å². The highest BCUT2D eigenvalue weighted by atomic mass is 16.5. The summed E-state index contributed by atoms with van der Waals surface area (Å²) in [7, 11) is 0.179. The van der Waals surface area contributed by atoms with E-state index in [0.717, 1.165) is 6.54 Å². The highest BCUT2D eigenvalue weighted by Gasteiger charge is 2.56. The summed E-state index contributed by atoms with van der Waals surface area (Å²) in [5, 5.41) is 0. The van der Waals surface area contributed by atoms with Gasteiger partial charge in [-0.1, -0.05) is 68.1 Å². The van der Waals surface area contributed by atoms with Gasteiger partial charge in [-0.25, -0.2) is 0 Å². The zero-order chi connectivity index (χ0) is 14.3. The van der Waals surface area contributed by atoms with Gasteiger partial charge in [0.2, 0.25) is 0 Å². The Labute approximate surface area is 134 Å². The summed E-state index contributed by atoms with van der Waals surface area (Å²) >= 11 is 0. The summed E-state index contributed by atoms with van der Waals surface area (Å²) in [6.07, 6.45) is 2.47. The maximum absolute atomic E-state index is 6.61. The normalized spacial score (nSPS) is 23.1. The fourth-order valence-electron chi connectivity index (χ4n) is 4.14. The molecule has 0 N–H and O–H groups in total. The summed E-state index contributed by atoms with van der Waals surface area (Å²) in [5.41, 5.74) is 2.23. The molecule has 0 amide bonds. The smallest absolute Gasteiger partial charge is 0.380 e. The fraction of sp³-hybridized carbons (Fsp3) is 0.368. The van der Waals surface area contributed by atoms with E-state index < -0.39 is 0 Å². The average molecular weight is 293 g/mol. The molecule has 2 heterocycles. The van der Waals surface area contributed by atoms with Crippen LogP contribution in [0.1, 0.15) is 31.4 Å². The Kier molecular flexibility index (Phi) is 4.11. The van der Waals surface area contributed by atoms with E-state index in [0.29, 0.717) is 6.04 Å². The zero-order valence-electron chi connectivity index (χ0n) is 12.4. The number of rotatable bonds is 2. The van der Waals surface area contributed by atoms with Crippen LogP contribution in [-0.2, 0) is 10.3 Å². The summed E-state index contributed by atoms with van der Waals surface area (Å²) in [4.78, 5) is 2.53. The van der Waals surface area contributed by atoms with Crippen LogP contribution in [0.4, 0.5) is 0 Å². The molecule has 3 heteroatoms. The van der Waals surface area contributed by atoms with Gasteiger partial charge in [0.1, 0.15) is 5.60 Å². The number of fused-ring (bicyclic) bond motifs is 1. The Balaban J connectivity index is 0.00000144. The van der Waals surface area contributed by atoms with Gasteiger partial charge in [-0.05, 0) is 37.3 Å². The monoisotopic (exact) mass is 293 g/mol. The van der Waals surface area contributed by atoms with Gasteiger partial charge in [-0.15, -0.1) is 0 Å². The molecule has 2 saturated heterocycles. The third-order valence-corrected chi connectivity index (χ3v) is 4.99. The standard InChI is InChI=1S/C18H20BNO.CH4/c1-19-20-14-8-13-17(20)18(21-19,15-9-4-2-5-10-15)16-11-6-3-7-12-16;/h2-7,9-12,17H,8,13-14H2,1H3;1H4/t17-;/m1./s1. The lowest BCUT2D eigenvalue weighted by molar-refractivity contribution is 0.106. The molecule has 0 unspecified atom stereocenters. The topological polar surface area (TPSA) is 12.5 Å². The number of benzene rings is 2. The van der Waals surface area contributed by atoms with Crippen molar-refractivity contribution in [1.29, 1.82) is 0 Å². The third-order valence-electron chi connectivity index (χ3n) is 4.99. The Hall–Kier alpha value is -1.58. The van der Waals surface area contributed by atoms with E-state index in [-0.39, 0.29) is 20.1 Å². The quantitative estimate of drug-likeness (QED) is 0.770. The molecule has 2 aliphatic rings. The van der Waals surface area contributed by atoms with Crippen LogP contribution in [0.15, 0.2) is 60.7 Å². The molecule has 22 heavy (non-hydrogen) atoms. The lowest BCUT2D eigenvalue weighted by atomic mass is 9.79. The molecular formula is C19H24BNO. The number of hydrogen-bond acceptors (Lipinski definition) is 2. The van der Waals surface area contributed by atoms with E-state index in [1.54, 1.807) is 0 Å². The van der Waals surface area contributed by atoms with Crippen LogP contribution < -0.4 is 0 Å². The number of hydrogen-bond donors (Lipinski definition) is 0. The predicted molar refractivity (Wildman–Crippen MR) is 92.8 cm³/mol. The molecule has 0 aromatic heterocycles. The van der Waals surface area contributed by atoms with Gasteiger partial charge >= 0.3 is 7.05 Å². The molecule has 0 saturated carbocycles. The van der Waals surface area contributed by atoms with Crippen molar-refractivity contribution in [1.82, 2.24) is 4.81 Å². The second kappa shape index (κ2) is 5.90. The predicted octanol–water partition coefficient (Wildman–Crippen LogP) is 4.18. The molecule has 0 bridgehead atoms. The largest absolute Gasteiger partial charge is 0.406 e. The van der Waals surface area contributed by atoms with Crippen LogP contribution in [0.5, 0.6) is 0 Å². The molecule has 0 aliphatic carbocycles. The zero-order valence-corrected chi connectivity index (χ0v) is 12.4. The fourth-order valence-corrected chi connectivity index (χ4v) is 4.14. The highest BCUT2D eigenvalue weighted by molar-refractivity contribution is 6.48. The van der Waals surface area contributed by atoms with E-state index in [2.05, 4.69) is 72.3 Å². The SMILES string of the molecule is C.CB1OC(c2ccccc2)(c2ccccc2)[C@H]2CCCN12. The first-order valence-corrected chi connectivity index (χ1v) is 7.87. The molecule has 1 atom stereocenters. The molecule has 2 nitrogen and oxygen atoms in total. The molecule has 0 radical (unpaired) electrons. The second-order valence-electron chi connectivity index (χ2n) is 6.08. The van der Waals surface area contributed by atoms with Gasteiger partial charge in [0, 0.05) is 6.04 Å². The van der Waals surface area contributed by atoms with Crippen molar-refractivity contribution in [2.75, 3.05) is 6.54 Å². The van der Waals surface area contributed by atoms with Crippen LogP contribution >= 0.6 is 0 Å². The van der Waals surface area contributed by atoms with Gasteiger partial charge in [0.05, 0.1) is 0 Å². The van der Waals surface area contributed by atoms with Gasteiger partial charge < -0.3 is 9.47 Å². The van der Waals surface area contributed by atoms with Gasteiger partial charge in [0.25, 0.3) is 0 Å². The van der Waals surface area contributed by atoms with Crippen molar-refractivity contribution in [2.24, 2.45) is 0 Å². The van der Waals surface area contributed by atoms with E-state index in [9.17, 15) is 0 Å². The Morgan fingerprint density at radius 3 is 2.09 bits per heavy atom. The molecule has 2 aromatic carbocycles. The van der Waals surface area contributed by atoms with Gasteiger partial charge in [0.15, 0.2) is 0 Å². The third kappa shape index (κ3) is 2.12. The van der Waals surface area contributed by atoms with E-state index in [1.165, 1.54) is 24.0 Å². The average Bonchev–Trinajstić information content (AvgIpc) is 3.13. The van der Waals surface area contributed by atoms with Crippen LogP contribution in [0, 0.1) is 0 Å². The Bertz CT molecular complexity index is 576. The number of nitrogens with zero attached hydrogens (tertiary/aromatic N) is 1. The molecule has 0 spiro atoms. The lowest BCUT2D eigenvalue weighted by Gasteiger charge is -2.36. The van der Waals surface area contributed by atoms with Crippen molar-refractivity contribution >= 4 is 7.05 Å². The van der Waals surface area contributed by atoms with Crippen molar-refractivity contribution in [3.8, 4) is 0 Å². The Morgan fingerprint density at radius 2 is 1.55 bits per heavy atom. The summed E-state index contributed by atoms with van der Waals surface area (Å²) in [6.45, 7) is 3.33. The lowest BCUT2D eigenvalue weighted by Crippen LogP contribution is -2.41. The summed E-state index contributed by atoms with van der Waals surface area (Å²) in [5.74, 6) is 0. The summed E-state index contributed by atoms with van der Waals surface area (Å²) in [6, 6.07) is 21.9. The van der Waals surface area contributed by atoms with Crippen molar-refractivity contribution < 1.29 is 4.65 Å². The first kappa shape index (κ1) is 15.3. The van der Waals surface area contributed by atoms with E-state index in [1.807, 2.05) is 0 Å². The van der Waals surface area contributed by atoms with Gasteiger partial charge in [-0.2, -0.15) is 0 Å². The molecule has 2 aliphatic heterocycles. The van der Waals surface area contributed by atoms with Crippen LogP contribution in [0.2, 0.25) is 6.82 Å². The highest BCUT2D eigenvalue weighted by Crippen LogP contribution is 2.48. The van der Waals surface area contributed by atoms with E-state index >= 15 is 0 Å². The molecule has 2 aromatic rings. The minimum Gasteiger partial charge on any atom is -0.406 e. The minimum atomic E-state index is -0.321. The Morgan fingerprint density at radius 1 is 1.00 bits per heavy atom. The van der Waals surface area contributed by atoms with Crippen molar-refractivity contribution in [3.63, 3.8) is 0 Å². The maximum atomic E-state index is 6.61. The van der Waals surface area contributed by atoms with Gasteiger partial charge in [-0.3, -0.25) is 0 Å². The first-order chi connectivity index (χ1) is 10.3. The van der Waals surface area contributed by atoms with Crippen LogP contribution in [0.3, 0.4) is 0 Å². The second-order valence-corrected chi connectivity index (χ2v) is 6.08. The molecule has 2 fully saturated rings. The maximum Gasteiger partial charge on any atom is 0.380 e. The minimum absolute atomic E-state index is 0. The molecule has 4 rings (SSSR count). The summed E-state index contributed by atoms with van der Waals surface area (Å²) < 4.78 is 6.61. The first-order valence-electron chi connectivity index (χ1n) is 7.87. The van der Waals surface area contributed by atoms with Crippen LogP contribution in [-0.4, -0.2) is 24.4 Å². The van der Waals surface area contributed by atoms with Crippen molar-refractivity contribution in [2.45, 2.75) is 38.7 Å².